The Bertz CT molecular complexity index is 852. The van der Waals surface area contributed by atoms with Crippen molar-refractivity contribution in [3.05, 3.63) is 52.3 Å². The molecule has 0 aliphatic heterocycles. The van der Waals surface area contributed by atoms with Crippen molar-refractivity contribution in [3.8, 4) is 5.88 Å². The molecule has 7 heteroatoms. The molecule has 108 valence electrons. The fourth-order valence-corrected chi connectivity index (χ4v) is 2.38. The number of methoxy groups -OCH3 is 1. The summed E-state index contributed by atoms with van der Waals surface area (Å²) in [5, 5.41) is 0. The molecule has 0 radical (unpaired) electrons. The Morgan fingerprint density at radius 1 is 1.24 bits per heavy atom. The molecule has 0 spiro atoms. The van der Waals surface area contributed by atoms with Crippen molar-refractivity contribution >= 4 is 23.4 Å². The lowest BCUT2D eigenvalue weighted by Crippen LogP contribution is -2.05. The van der Waals surface area contributed by atoms with Gasteiger partial charge in [-0.15, -0.1) is 0 Å². The Morgan fingerprint density at radius 2 is 1.95 bits per heavy atom. The normalized spacial score (nSPS) is 11.0. The summed E-state index contributed by atoms with van der Waals surface area (Å²) >= 11 is 5.20. The molecule has 0 unspecified atom stereocenters. The van der Waals surface area contributed by atoms with Gasteiger partial charge in [0, 0.05) is 11.6 Å². The van der Waals surface area contributed by atoms with Gasteiger partial charge in [0.2, 0.25) is 5.88 Å². The highest BCUT2D eigenvalue weighted by Gasteiger charge is 2.13. The van der Waals surface area contributed by atoms with Crippen molar-refractivity contribution in [2.24, 2.45) is 0 Å². The SMILES string of the molecule is COc1ccc2[nH]c(=S)n(Cc3c(F)cccc3F)c2n1. The topological polar surface area (TPSA) is 42.8 Å². The lowest BCUT2D eigenvalue weighted by Gasteiger charge is -2.07. The highest BCUT2D eigenvalue weighted by Crippen LogP contribution is 2.20. The molecule has 0 bridgehead atoms. The van der Waals surface area contributed by atoms with Gasteiger partial charge in [0.1, 0.15) is 11.6 Å². The van der Waals surface area contributed by atoms with Crippen LogP contribution in [0.15, 0.2) is 30.3 Å². The Balaban J connectivity index is 2.16. The Hall–Kier alpha value is -2.28. The first-order valence-electron chi connectivity index (χ1n) is 6.16. The van der Waals surface area contributed by atoms with Crippen LogP contribution in [-0.4, -0.2) is 21.6 Å². The van der Waals surface area contributed by atoms with Gasteiger partial charge in [0.15, 0.2) is 10.4 Å². The molecule has 0 saturated heterocycles. The van der Waals surface area contributed by atoms with E-state index < -0.39 is 11.6 Å². The third-order valence-electron chi connectivity index (χ3n) is 3.18. The smallest absolute Gasteiger partial charge is 0.215 e. The third-order valence-corrected chi connectivity index (χ3v) is 3.50. The van der Waals surface area contributed by atoms with Gasteiger partial charge in [0.05, 0.1) is 19.2 Å². The van der Waals surface area contributed by atoms with Gasteiger partial charge in [0.25, 0.3) is 0 Å². The first-order valence-corrected chi connectivity index (χ1v) is 6.57. The summed E-state index contributed by atoms with van der Waals surface area (Å²) in [4.78, 5) is 7.22. The summed E-state index contributed by atoms with van der Waals surface area (Å²) in [6.07, 6.45) is 0. The first-order chi connectivity index (χ1) is 10.1. The second kappa shape index (κ2) is 5.25. The number of ether oxygens (including phenoxy) is 1. The number of imidazole rings is 1. The van der Waals surface area contributed by atoms with E-state index in [9.17, 15) is 8.78 Å². The van der Waals surface area contributed by atoms with Crippen LogP contribution in [0.3, 0.4) is 0 Å². The number of aromatic nitrogens is 3. The zero-order valence-corrected chi connectivity index (χ0v) is 11.9. The molecule has 1 N–H and O–H groups in total. The van der Waals surface area contributed by atoms with E-state index >= 15 is 0 Å². The molecule has 0 aliphatic carbocycles. The Morgan fingerprint density at radius 3 is 2.62 bits per heavy atom. The number of H-pyrrole nitrogens is 1. The summed E-state index contributed by atoms with van der Waals surface area (Å²) in [6, 6.07) is 7.19. The third kappa shape index (κ3) is 2.40. The van der Waals surface area contributed by atoms with Crippen molar-refractivity contribution in [1.82, 2.24) is 14.5 Å². The van der Waals surface area contributed by atoms with Crippen molar-refractivity contribution < 1.29 is 13.5 Å². The fraction of sp³-hybridized carbons (Fsp3) is 0.143. The van der Waals surface area contributed by atoms with Gasteiger partial charge in [-0.05, 0) is 30.4 Å². The first kappa shape index (κ1) is 13.7. The van der Waals surface area contributed by atoms with E-state index in [-0.39, 0.29) is 12.1 Å². The van der Waals surface area contributed by atoms with Crippen molar-refractivity contribution in [2.45, 2.75) is 6.54 Å². The van der Waals surface area contributed by atoms with Gasteiger partial charge < -0.3 is 9.72 Å². The summed E-state index contributed by atoms with van der Waals surface area (Å²) in [6.45, 7) is -0.0441. The van der Waals surface area contributed by atoms with E-state index in [0.29, 0.717) is 21.8 Å². The lowest BCUT2D eigenvalue weighted by molar-refractivity contribution is 0.399. The summed E-state index contributed by atoms with van der Waals surface area (Å²) in [5.41, 5.74) is 1.11. The molecule has 0 saturated carbocycles. The minimum atomic E-state index is -0.617. The average molecular weight is 307 g/mol. The molecular weight excluding hydrogens is 296 g/mol. The number of nitrogens with one attached hydrogen (secondary N) is 1. The zero-order valence-electron chi connectivity index (χ0n) is 11.1. The van der Waals surface area contributed by atoms with E-state index in [4.69, 9.17) is 17.0 Å². The van der Waals surface area contributed by atoms with Crippen LogP contribution >= 0.6 is 12.2 Å². The van der Waals surface area contributed by atoms with Crippen LogP contribution in [0, 0.1) is 16.4 Å². The molecular formula is C14H11F2N3OS. The van der Waals surface area contributed by atoms with Crippen LogP contribution in [-0.2, 0) is 6.54 Å². The summed E-state index contributed by atoms with van der Waals surface area (Å²) in [5.74, 6) is -0.831. The minimum Gasteiger partial charge on any atom is -0.481 e. The van der Waals surface area contributed by atoms with Crippen LogP contribution in [0.2, 0.25) is 0 Å². The van der Waals surface area contributed by atoms with Crippen LogP contribution in [0.1, 0.15) is 5.56 Å². The number of halogens is 2. The van der Waals surface area contributed by atoms with Crippen molar-refractivity contribution in [2.75, 3.05) is 7.11 Å². The van der Waals surface area contributed by atoms with Crippen LogP contribution in [0.25, 0.3) is 11.2 Å². The average Bonchev–Trinajstić information content (AvgIpc) is 2.78. The maximum atomic E-state index is 13.8. The molecule has 2 aromatic heterocycles. The van der Waals surface area contributed by atoms with Gasteiger partial charge >= 0.3 is 0 Å². The number of fused-ring (bicyclic) bond motifs is 1. The van der Waals surface area contributed by atoms with Crippen LogP contribution < -0.4 is 4.74 Å². The molecule has 3 rings (SSSR count). The molecule has 0 fully saturated rings. The van der Waals surface area contributed by atoms with E-state index in [0.717, 1.165) is 0 Å². The molecule has 0 atom stereocenters. The number of aromatic amines is 1. The van der Waals surface area contributed by atoms with E-state index in [1.807, 2.05) is 0 Å². The van der Waals surface area contributed by atoms with Crippen LogP contribution in [0.5, 0.6) is 5.88 Å². The predicted molar refractivity (Wildman–Crippen MR) is 76.9 cm³/mol. The quantitative estimate of drug-likeness (QED) is 0.754. The highest BCUT2D eigenvalue weighted by molar-refractivity contribution is 7.71. The molecule has 21 heavy (non-hydrogen) atoms. The number of rotatable bonds is 3. The summed E-state index contributed by atoms with van der Waals surface area (Å²) < 4.78 is 34.5. The zero-order chi connectivity index (χ0) is 15.0. The monoisotopic (exact) mass is 307 g/mol. The number of nitrogens with zero attached hydrogens (tertiary/aromatic N) is 2. The molecule has 4 nitrogen and oxygen atoms in total. The van der Waals surface area contributed by atoms with E-state index in [2.05, 4.69) is 9.97 Å². The largest absolute Gasteiger partial charge is 0.481 e. The Labute approximate surface area is 124 Å². The molecule has 1 aromatic carbocycles. The van der Waals surface area contributed by atoms with Crippen LogP contribution in [0.4, 0.5) is 8.78 Å². The second-order valence-electron chi connectivity index (χ2n) is 4.44. The fourth-order valence-electron chi connectivity index (χ4n) is 2.12. The maximum Gasteiger partial charge on any atom is 0.215 e. The number of hydrogen-bond donors (Lipinski definition) is 1. The van der Waals surface area contributed by atoms with Gasteiger partial charge in [-0.25, -0.2) is 8.78 Å². The van der Waals surface area contributed by atoms with Gasteiger partial charge in [-0.1, -0.05) is 6.07 Å². The van der Waals surface area contributed by atoms with Gasteiger partial charge in [-0.2, -0.15) is 4.98 Å². The summed E-state index contributed by atoms with van der Waals surface area (Å²) in [7, 11) is 1.50. The number of benzene rings is 1. The minimum absolute atomic E-state index is 0.0441. The van der Waals surface area contributed by atoms with E-state index in [1.54, 1.807) is 12.1 Å². The number of pyridine rings is 1. The molecule has 0 amide bonds. The van der Waals surface area contributed by atoms with Crippen molar-refractivity contribution in [3.63, 3.8) is 0 Å². The van der Waals surface area contributed by atoms with Gasteiger partial charge in [-0.3, -0.25) is 4.57 Å². The number of hydrogen-bond acceptors (Lipinski definition) is 3. The van der Waals surface area contributed by atoms with Crippen molar-refractivity contribution in [1.29, 1.82) is 0 Å². The Kier molecular flexibility index (Phi) is 3.42. The highest BCUT2D eigenvalue weighted by atomic mass is 32.1. The molecule has 3 aromatic rings. The molecule has 0 aliphatic rings. The molecule has 2 heterocycles. The lowest BCUT2D eigenvalue weighted by atomic mass is 10.2. The predicted octanol–water partition coefficient (Wildman–Crippen LogP) is 3.43. The van der Waals surface area contributed by atoms with E-state index in [1.165, 1.54) is 29.9 Å². The second-order valence-corrected chi connectivity index (χ2v) is 4.83. The standard InChI is InChI=1S/C14H11F2N3OS/c1-20-12-6-5-11-13(18-12)19(14(21)17-11)7-8-9(15)3-2-4-10(8)16/h2-6H,7H2,1H3,(H,17,21). The maximum absolute atomic E-state index is 13.8.